The lowest BCUT2D eigenvalue weighted by Gasteiger charge is -2.23. The second kappa shape index (κ2) is 4.07. The first kappa shape index (κ1) is 9.01. The van der Waals surface area contributed by atoms with Gasteiger partial charge in [0.2, 0.25) is 0 Å². The number of carboxylic acids is 1. The third-order valence-corrected chi connectivity index (χ3v) is 2.14. The summed E-state index contributed by atoms with van der Waals surface area (Å²) in [4.78, 5) is 10.6. The number of nitrogens with zero attached hydrogens (tertiary/aromatic N) is 1. The Kier molecular flexibility index (Phi) is 3.06. The van der Waals surface area contributed by atoms with Crippen molar-refractivity contribution in [1.29, 1.82) is 5.26 Å². The summed E-state index contributed by atoms with van der Waals surface area (Å²) in [5.74, 6) is -1.89. The number of aliphatic carboxylic acids is 1. The zero-order valence-corrected chi connectivity index (χ0v) is 6.69. The van der Waals surface area contributed by atoms with Gasteiger partial charge >= 0.3 is 5.97 Å². The molecule has 1 unspecified atom stereocenters. The zero-order valence-electron chi connectivity index (χ0n) is 6.69. The SMILES string of the molecule is N#CC(C(=O)O)C1CCOCC1. The number of rotatable bonds is 2. The van der Waals surface area contributed by atoms with E-state index in [-0.39, 0.29) is 5.92 Å². The first-order chi connectivity index (χ1) is 5.75. The van der Waals surface area contributed by atoms with Crippen LogP contribution in [0.3, 0.4) is 0 Å². The number of carbonyl (C=O) groups is 1. The quantitative estimate of drug-likeness (QED) is 0.658. The summed E-state index contributed by atoms with van der Waals surface area (Å²) in [6, 6.07) is 1.82. The number of nitriles is 1. The molecule has 0 aromatic heterocycles. The van der Waals surface area contributed by atoms with Crippen molar-refractivity contribution in [3.63, 3.8) is 0 Å². The molecule has 1 atom stereocenters. The Morgan fingerprint density at radius 3 is 2.58 bits per heavy atom. The summed E-state index contributed by atoms with van der Waals surface area (Å²) < 4.78 is 5.07. The van der Waals surface area contributed by atoms with Crippen LogP contribution in [-0.2, 0) is 9.53 Å². The molecule has 0 saturated carbocycles. The molecule has 0 aliphatic carbocycles. The van der Waals surface area contributed by atoms with Gasteiger partial charge in [0.25, 0.3) is 0 Å². The van der Waals surface area contributed by atoms with E-state index >= 15 is 0 Å². The largest absolute Gasteiger partial charge is 0.480 e. The molecular weight excluding hydrogens is 158 g/mol. The topological polar surface area (TPSA) is 70.3 Å². The van der Waals surface area contributed by atoms with Crippen LogP contribution in [0.4, 0.5) is 0 Å². The van der Waals surface area contributed by atoms with E-state index in [1.54, 1.807) is 0 Å². The van der Waals surface area contributed by atoms with Crippen LogP contribution in [0.2, 0.25) is 0 Å². The van der Waals surface area contributed by atoms with Crippen LogP contribution in [0.25, 0.3) is 0 Å². The van der Waals surface area contributed by atoms with Gasteiger partial charge < -0.3 is 9.84 Å². The molecule has 12 heavy (non-hydrogen) atoms. The normalized spacial score (nSPS) is 21.2. The lowest BCUT2D eigenvalue weighted by Crippen LogP contribution is -2.27. The second-order valence-electron chi connectivity index (χ2n) is 2.89. The van der Waals surface area contributed by atoms with E-state index in [0.717, 1.165) is 0 Å². The Morgan fingerprint density at radius 1 is 1.58 bits per heavy atom. The third kappa shape index (κ3) is 1.95. The van der Waals surface area contributed by atoms with Crippen LogP contribution in [0, 0.1) is 23.2 Å². The minimum Gasteiger partial charge on any atom is -0.480 e. The van der Waals surface area contributed by atoms with Gasteiger partial charge in [0.05, 0.1) is 6.07 Å². The van der Waals surface area contributed by atoms with Gasteiger partial charge in [-0.15, -0.1) is 0 Å². The molecule has 0 bridgehead atoms. The van der Waals surface area contributed by atoms with Crippen molar-refractivity contribution in [3.05, 3.63) is 0 Å². The molecular formula is C8H11NO3. The Morgan fingerprint density at radius 2 is 2.17 bits per heavy atom. The molecule has 1 aliphatic rings. The lowest BCUT2D eigenvalue weighted by atomic mass is 9.87. The van der Waals surface area contributed by atoms with Crippen molar-refractivity contribution < 1.29 is 14.6 Å². The molecule has 66 valence electrons. The molecule has 1 N–H and O–H groups in total. The van der Waals surface area contributed by atoms with E-state index in [2.05, 4.69) is 0 Å². The first-order valence-electron chi connectivity index (χ1n) is 3.96. The van der Waals surface area contributed by atoms with E-state index in [4.69, 9.17) is 15.1 Å². The van der Waals surface area contributed by atoms with Crippen molar-refractivity contribution in [2.75, 3.05) is 13.2 Å². The maximum absolute atomic E-state index is 10.6. The maximum Gasteiger partial charge on any atom is 0.321 e. The Hall–Kier alpha value is -1.08. The average Bonchev–Trinajstić information content (AvgIpc) is 2.07. The van der Waals surface area contributed by atoms with E-state index in [0.29, 0.717) is 26.1 Å². The minimum atomic E-state index is -1.01. The van der Waals surface area contributed by atoms with Crippen molar-refractivity contribution in [3.8, 4) is 6.07 Å². The summed E-state index contributed by atoms with van der Waals surface area (Å²) in [5, 5.41) is 17.2. The summed E-state index contributed by atoms with van der Waals surface area (Å²) in [6.45, 7) is 1.16. The van der Waals surface area contributed by atoms with E-state index in [1.807, 2.05) is 6.07 Å². The zero-order chi connectivity index (χ0) is 8.97. The summed E-state index contributed by atoms with van der Waals surface area (Å²) >= 11 is 0. The van der Waals surface area contributed by atoms with Crippen LogP contribution in [0.5, 0.6) is 0 Å². The van der Waals surface area contributed by atoms with E-state index < -0.39 is 11.9 Å². The molecule has 1 aliphatic heterocycles. The standard InChI is InChI=1S/C8H11NO3/c9-5-7(8(10)11)6-1-3-12-4-2-6/h6-7H,1-4H2,(H,10,11). The molecule has 0 spiro atoms. The van der Waals surface area contributed by atoms with Gasteiger partial charge in [0, 0.05) is 13.2 Å². The molecule has 4 nitrogen and oxygen atoms in total. The van der Waals surface area contributed by atoms with Gasteiger partial charge in [-0.25, -0.2) is 0 Å². The minimum absolute atomic E-state index is 0.0266. The van der Waals surface area contributed by atoms with Crippen molar-refractivity contribution in [2.45, 2.75) is 12.8 Å². The third-order valence-electron chi connectivity index (χ3n) is 2.14. The summed E-state index contributed by atoms with van der Waals surface area (Å²) in [7, 11) is 0. The van der Waals surface area contributed by atoms with E-state index in [1.165, 1.54) is 0 Å². The predicted octanol–water partition coefficient (Wildman–Crippen LogP) is 0.637. The molecule has 4 heteroatoms. The highest BCUT2D eigenvalue weighted by atomic mass is 16.5. The van der Waals surface area contributed by atoms with Gasteiger partial charge in [0.15, 0.2) is 0 Å². The Labute approximate surface area is 70.7 Å². The molecule has 1 saturated heterocycles. The molecule has 1 heterocycles. The first-order valence-corrected chi connectivity index (χ1v) is 3.96. The van der Waals surface area contributed by atoms with Crippen LogP contribution in [-0.4, -0.2) is 24.3 Å². The maximum atomic E-state index is 10.6. The Bertz CT molecular complexity index is 203. The van der Waals surface area contributed by atoms with Gasteiger partial charge in [-0.2, -0.15) is 5.26 Å². The molecule has 1 rings (SSSR count). The number of ether oxygens (including phenoxy) is 1. The molecule has 0 aromatic rings. The van der Waals surface area contributed by atoms with Crippen molar-refractivity contribution >= 4 is 5.97 Å². The average molecular weight is 169 g/mol. The highest BCUT2D eigenvalue weighted by Gasteiger charge is 2.29. The lowest BCUT2D eigenvalue weighted by molar-refractivity contribution is -0.142. The molecule has 0 aromatic carbocycles. The number of hydrogen-bond acceptors (Lipinski definition) is 3. The highest BCUT2D eigenvalue weighted by molar-refractivity contribution is 5.73. The van der Waals surface area contributed by atoms with Crippen LogP contribution in [0.15, 0.2) is 0 Å². The van der Waals surface area contributed by atoms with Gasteiger partial charge in [-0.1, -0.05) is 0 Å². The summed E-state index contributed by atoms with van der Waals surface area (Å²) in [6.07, 6.45) is 1.37. The van der Waals surface area contributed by atoms with Gasteiger partial charge in [-0.3, -0.25) is 4.79 Å². The molecule has 0 amide bonds. The number of hydrogen-bond donors (Lipinski definition) is 1. The fraction of sp³-hybridized carbons (Fsp3) is 0.750. The monoisotopic (exact) mass is 169 g/mol. The number of carboxylic acid groups (broad SMARTS) is 1. The predicted molar refractivity (Wildman–Crippen MR) is 40.3 cm³/mol. The summed E-state index contributed by atoms with van der Waals surface area (Å²) in [5.41, 5.74) is 0. The fourth-order valence-corrected chi connectivity index (χ4v) is 1.41. The van der Waals surface area contributed by atoms with Crippen molar-refractivity contribution in [2.24, 2.45) is 11.8 Å². The molecule has 1 fully saturated rings. The van der Waals surface area contributed by atoms with Crippen LogP contribution < -0.4 is 0 Å². The highest BCUT2D eigenvalue weighted by Crippen LogP contribution is 2.23. The van der Waals surface area contributed by atoms with Gasteiger partial charge in [0.1, 0.15) is 5.92 Å². The van der Waals surface area contributed by atoms with Gasteiger partial charge in [-0.05, 0) is 18.8 Å². The second-order valence-corrected chi connectivity index (χ2v) is 2.89. The fourth-order valence-electron chi connectivity index (χ4n) is 1.41. The molecule has 0 radical (unpaired) electrons. The van der Waals surface area contributed by atoms with Crippen molar-refractivity contribution in [1.82, 2.24) is 0 Å². The van der Waals surface area contributed by atoms with E-state index in [9.17, 15) is 4.79 Å². The van der Waals surface area contributed by atoms with Crippen LogP contribution in [0.1, 0.15) is 12.8 Å². The Balaban J connectivity index is 2.53. The van der Waals surface area contributed by atoms with Crippen LogP contribution >= 0.6 is 0 Å². The smallest absolute Gasteiger partial charge is 0.321 e.